The molecular formula is C19H28N2. The molecule has 2 aliphatic rings. The van der Waals surface area contributed by atoms with Crippen molar-refractivity contribution in [1.82, 2.24) is 10.2 Å². The monoisotopic (exact) mass is 284 g/mol. The minimum absolute atomic E-state index is 0.778. The van der Waals surface area contributed by atoms with Crippen LogP contribution in [-0.2, 0) is 0 Å². The van der Waals surface area contributed by atoms with Crippen LogP contribution >= 0.6 is 0 Å². The summed E-state index contributed by atoms with van der Waals surface area (Å²) in [6.07, 6.45) is 9.37. The van der Waals surface area contributed by atoms with Gasteiger partial charge in [-0.15, -0.1) is 0 Å². The van der Waals surface area contributed by atoms with Crippen LogP contribution in [0.5, 0.6) is 0 Å². The fourth-order valence-corrected chi connectivity index (χ4v) is 3.60. The quantitative estimate of drug-likeness (QED) is 0.857. The van der Waals surface area contributed by atoms with Gasteiger partial charge in [-0.25, -0.2) is 0 Å². The first-order valence-electron chi connectivity index (χ1n) is 8.51. The van der Waals surface area contributed by atoms with Crippen molar-refractivity contribution in [3.8, 4) is 0 Å². The highest BCUT2D eigenvalue weighted by molar-refractivity contribution is 5.52. The Hall–Kier alpha value is -1.12. The van der Waals surface area contributed by atoms with Crippen LogP contribution in [0.2, 0.25) is 0 Å². The first-order valence-corrected chi connectivity index (χ1v) is 8.51. The molecule has 1 atom stereocenters. The standard InChI is InChI=1S/C19H28N2/c1-16(13-17-7-3-2-4-8-17)14-20-15-19-11-6-12-21(19)18-9-5-10-18/h2-4,7-8,13,18-20H,5-6,9-12,14-15H2,1H3/b16-13+. The molecule has 3 rings (SSSR count). The van der Waals surface area contributed by atoms with Crippen molar-refractivity contribution in [2.24, 2.45) is 0 Å². The molecule has 1 aliphatic heterocycles. The molecule has 1 saturated heterocycles. The molecule has 114 valence electrons. The van der Waals surface area contributed by atoms with Gasteiger partial charge in [0.15, 0.2) is 0 Å². The molecule has 1 N–H and O–H groups in total. The summed E-state index contributed by atoms with van der Waals surface area (Å²) < 4.78 is 0. The lowest BCUT2D eigenvalue weighted by molar-refractivity contribution is 0.113. The third kappa shape index (κ3) is 3.96. The number of benzene rings is 1. The van der Waals surface area contributed by atoms with Gasteiger partial charge in [0, 0.05) is 25.2 Å². The molecule has 1 unspecified atom stereocenters. The molecule has 21 heavy (non-hydrogen) atoms. The smallest absolute Gasteiger partial charge is 0.0224 e. The maximum atomic E-state index is 3.67. The van der Waals surface area contributed by atoms with Crippen LogP contribution < -0.4 is 5.32 Å². The summed E-state index contributed by atoms with van der Waals surface area (Å²) >= 11 is 0. The van der Waals surface area contributed by atoms with Crippen LogP contribution in [0.3, 0.4) is 0 Å². The lowest BCUT2D eigenvalue weighted by Crippen LogP contribution is -2.47. The molecule has 1 aliphatic carbocycles. The van der Waals surface area contributed by atoms with E-state index in [0.717, 1.165) is 25.2 Å². The van der Waals surface area contributed by atoms with Crippen LogP contribution in [0.4, 0.5) is 0 Å². The highest BCUT2D eigenvalue weighted by atomic mass is 15.2. The van der Waals surface area contributed by atoms with E-state index in [0.29, 0.717) is 0 Å². The van der Waals surface area contributed by atoms with Gasteiger partial charge in [0.1, 0.15) is 0 Å². The van der Waals surface area contributed by atoms with E-state index in [1.54, 1.807) is 0 Å². The Bertz CT molecular complexity index is 462. The molecule has 2 heteroatoms. The molecule has 1 saturated carbocycles. The van der Waals surface area contributed by atoms with E-state index < -0.39 is 0 Å². The van der Waals surface area contributed by atoms with Crippen molar-refractivity contribution in [2.75, 3.05) is 19.6 Å². The predicted octanol–water partition coefficient (Wildman–Crippen LogP) is 3.70. The van der Waals surface area contributed by atoms with Gasteiger partial charge in [-0.1, -0.05) is 48.4 Å². The highest BCUT2D eigenvalue weighted by Gasteiger charge is 2.33. The van der Waals surface area contributed by atoms with E-state index in [9.17, 15) is 0 Å². The second kappa shape index (κ2) is 7.24. The van der Waals surface area contributed by atoms with E-state index >= 15 is 0 Å². The third-order valence-corrected chi connectivity index (χ3v) is 4.96. The molecule has 1 heterocycles. The Morgan fingerprint density at radius 3 is 2.71 bits per heavy atom. The lowest BCUT2D eigenvalue weighted by Gasteiger charge is -2.38. The minimum atomic E-state index is 0.778. The number of rotatable bonds is 6. The fourth-order valence-electron chi connectivity index (χ4n) is 3.60. The largest absolute Gasteiger partial charge is 0.311 e. The highest BCUT2D eigenvalue weighted by Crippen LogP contribution is 2.30. The lowest BCUT2D eigenvalue weighted by atomic mass is 9.91. The summed E-state index contributed by atoms with van der Waals surface area (Å²) in [6, 6.07) is 12.3. The van der Waals surface area contributed by atoms with Crippen molar-refractivity contribution in [3.05, 3.63) is 41.5 Å². The molecule has 0 radical (unpaired) electrons. The molecule has 0 aromatic heterocycles. The molecule has 1 aromatic rings. The first-order chi connectivity index (χ1) is 10.3. The van der Waals surface area contributed by atoms with Crippen molar-refractivity contribution in [3.63, 3.8) is 0 Å². The topological polar surface area (TPSA) is 15.3 Å². The third-order valence-electron chi connectivity index (χ3n) is 4.96. The summed E-state index contributed by atoms with van der Waals surface area (Å²) in [4.78, 5) is 2.77. The van der Waals surface area contributed by atoms with Crippen LogP contribution in [0.25, 0.3) is 6.08 Å². The average molecular weight is 284 g/mol. The Balaban J connectivity index is 1.44. The summed E-state index contributed by atoms with van der Waals surface area (Å²) in [7, 11) is 0. The van der Waals surface area contributed by atoms with Crippen molar-refractivity contribution in [1.29, 1.82) is 0 Å². The summed E-state index contributed by atoms with van der Waals surface area (Å²) in [5.41, 5.74) is 2.71. The average Bonchev–Trinajstić information content (AvgIpc) is 2.86. The number of nitrogens with one attached hydrogen (secondary N) is 1. The zero-order valence-corrected chi connectivity index (χ0v) is 13.2. The van der Waals surface area contributed by atoms with E-state index in [-0.39, 0.29) is 0 Å². The Morgan fingerprint density at radius 1 is 1.19 bits per heavy atom. The number of hydrogen-bond acceptors (Lipinski definition) is 2. The Labute approximate surface area is 129 Å². The predicted molar refractivity (Wildman–Crippen MR) is 90.3 cm³/mol. The van der Waals surface area contributed by atoms with Crippen molar-refractivity contribution < 1.29 is 0 Å². The maximum absolute atomic E-state index is 3.67. The maximum Gasteiger partial charge on any atom is 0.0224 e. The molecule has 0 amide bonds. The second-order valence-electron chi connectivity index (χ2n) is 6.65. The van der Waals surface area contributed by atoms with E-state index in [1.165, 1.54) is 49.8 Å². The van der Waals surface area contributed by atoms with Gasteiger partial charge in [-0.3, -0.25) is 4.90 Å². The van der Waals surface area contributed by atoms with Crippen molar-refractivity contribution in [2.45, 2.75) is 51.1 Å². The van der Waals surface area contributed by atoms with Gasteiger partial charge < -0.3 is 5.32 Å². The molecule has 0 bridgehead atoms. The zero-order chi connectivity index (χ0) is 14.5. The van der Waals surface area contributed by atoms with Crippen LogP contribution in [0.15, 0.2) is 35.9 Å². The Morgan fingerprint density at radius 2 is 2.00 bits per heavy atom. The summed E-state index contributed by atoms with van der Waals surface area (Å²) in [6.45, 7) is 5.70. The van der Waals surface area contributed by atoms with E-state index in [2.05, 4.69) is 53.5 Å². The van der Waals surface area contributed by atoms with E-state index in [1.807, 2.05) is 0 Å². The van der Waals surface area contributed by atoms with Gasteiger partial charge in [-0.2, -0.15) is 0 Å². The van der Waals surface area contributed by atoms with Crippen LogP contribution in [-0.4, -0.2) is 36.6 Å². The van der Waals surface area contributed by atoms with Gasteiger partial charge in [0.05, 0.1) is 0 Å². The summed E-state index contributed by atoms with van der Waals surface area (Å²) in [5, 5.41) is 3.67. The Kier molecular flexibility index (Phi) is 5.10. The molecule has 1 aromatic carbocycles. The van der Waals surface area contributed by atoms with Gasteiger partial charge in [0.25, 0.3) is 0 Å². The molecule has 2 nitrogen and oxygen atoms in total. The van der Waals surface area contributed by atoms with Gasteiger partial charge >= 0.3 is 0 Å². The van der Waals surface area contributed by atoms with E-state index in [4.69, 9.17) is 0 Å². The zero-order valence-electron chi connectivity index (χ0n) is 13.2. The molecular weight excluding hydrogens is 256 g/mol. The second-order valence-corrected chi connectivity index (χ2v) is 6.65. The summed E-state index contributed by atoms with van der Waals surface area (Å²) in [5.74, 6) is 0. The number of likely N-dealkylation sites (tertiary alicyclic amines) is 1. The first kappa shape index (κ1) is 14.8. The van der Waals surface area contributed by atoms with Gasteiger partial charge in [-0.05, 0) is 44.7 Å². The number of hydrogen-bond donors (Lipinski definition) is 1. The normalized spacial score (nSPS) is 24.2. The number of nitrogens with zero attached hydrogens (tertiary/aromatic N) is 1. The molecule has 0 spiro atoms. The van der Waals surface area contributed by atoms with Gasteiger partial charge in [0.2, 0.25) is 0 Å². The van der Waals surface area contributed by atoms with Crippen molar-refractivity contribution >= 4 is 6.08 Å². The van der Waals surface area contributed by atoms with Crippen LogP contribution in [0, 0.1) is 0 Å². The SMILES string of the molecule is C/C(=C\c1ccccc1)CNCC1CCCN1C1CCC1. The van der Waals surface area contributed by atoms with Crippen LogP contribution in [0.1, 0.15) is 44.6 Å². The fraction of sp³-hybridized carbons (Fsp3) is 0.579. The minimum Gasteiger partial charge on any atom is -0.311 e. The molecule has 2 fully saturated rings.